The minimum absolute atomic E-state index is 0.136. The molecule has 0 aliphatic heterocycles. The van der Waals surface area contributed by atoms with Gasteiger partial charge in [-0.05, 0) is 36.4 Å². The van der Waals surface area contributed by atoms with Crippen LogP contribution >= 0.6 is 0 Å². The molecule has 132 valence electrons. The number of para-hydroxylation sites is 3. The van der Waals surface area contributed by atoms with E-state index in [1.54, 1.807) is 42.6 Å². The highest BCUT2D eigenvalue weighted by Gasteiger charge is 2.12. The number of fused-ring (bicyclic) bond motifs is 1. The molecule has 27 heavy (non-hydrogen) atoms. The number of phenolic OH excluding ortho intramolecular Hbond substituents is 2. The van der Waals surface area contributed by atoms with Crippen LogP contribution in [-0.4, -0.2) is 22.6 Å². The van der Waals surface area contributed by atoms with Gasteiger partial charge < -0.3 is 14.6 Å². The lowest BCUT2D eigenvalue weighted by Gasteiger charge is -1.98. The number of rotatable bonds is 4. The Morgan fingerprint density at radius 1 is 0.667 bits per heavy atom. The molecule has 0 unspecified atom stereocenters. The SMILES string of the molecule is Oc1ccccc1C=Nc1c(/N=C/c2ccccc2O)oc2ccccc12. The van der Waals surface area contributed by atoms with Gasteiger partial charge in [0.1, 0.15) is 22.8 Å². The number of phenols is 2. The summed E-state index contributed by atoms with van der Waals surface area (Å²) in [6, 6.07) is 21.4. The van der Waals surface area contributed by atoms with Crippen molar-refractivity contribution in [3.05, 3.63) is 83.9 Å². The lowest BCUT2D eigenvalue weighted by atomic mass is 10.2. The molecule has 1 heterocycles. The van der Waals surface area contributed by atoms with Crippen LogP contribution in [0.2, 0.25) is 0 Å². The molecular formula is C22H16N2O3. The molecule has 0 saturated carbocycles. The van der Waals surface area contributed by atoms with Gasteiger partial charge in [0, 0.05) is 28.9 Å². The van der Waals surface area contributed by atoms with E-state index < -0.39 is 0 Å². The van der Waals surface area contributed by atoms with Gasteiger partial charge in [-0.3, -0.25) is 0 Å². The quantitative estimate of drug-likeness (QED) is 0.484. The summed E-state index contributed by atoms with van der Waals surface area (Å²) in [5.74, 6) is 0.607. The third-order valence-electron chi connectivity index (χ3n) is 4.08. The monoisotopic (exact) mass is 356 g/mol. The Morgan fingerprint density at radius 3 is 1.89 bits per heavy atom. The predicted molar refractivity (Wildman–Crippen MR) is 107 cm³/mol. The summed E-state index contributed by atoms with van der Waals surface area (Å²) >= 11 is 0. The molecule has 0 aliphatic carbocycles. The maximum absolute atomic E-state index is 9.93. The van der Waals surface area contributed by atoms with E-state index in [9.17, 15) is 10.2 Å². The van der Waals surface area contributed by atoms with Crippen LogP contribution in [0.25, 0.3) is 11.0 Å². The predicted octanol–water partition coefficient (Wildman–Crippen LogP) is 5.35. The Kier molecular flexibility index (Phi) is 4.41. The van der Waals surface area contributed by atoms with E-state index in [0.29, 0.717) is 28.3 Å². The molecule has 5 nitrogen and oxygen atoms in total. The van der Waals surface area contributed by atoms with Gasteiger partial charge >= 0.3 is 0 Å². The van der Waals surface area contributed by atoms with Gasteiger partial charge in [0.2, 0.25) is 5.88 Å². The smallest absolute Gasteiger partial charge is 0.246 e. The maximum atomic E-state index is 9.93. The highest BCUT2D eigenvalue weighted by molar-refractivity contribution is 5.99. The summed E-state index contributed by atoms with van der Waals surface area (Å²) in [4.78, 5) is 8.89. The van der Waals surface area contributed by atoms with Crippen molar-refractivity contribution in [3.8, 4) is 11.5 Å². The van der Waals surface area contributed by atoms with Crippen molar-refractivity contribution in [1.29, 1.82) is 0 Å². The molecule has 0 spiro atoms. The normalized spacial score (nSPS) is 11.7. The lowest BCUT2D eigenvalue weighted by molar-refractivity contribution is 0.474. The molecule has 0 amide bonds. The van der Waals surface area contributed by atoms with Crippen molar-refractivity contribution in [2.45, 2.75) is 0 Å². The number of nitrogens with zero attached hydrogens (tertiary/aromatic N) is 2. The van der Waals surface area contributed by atoms with Gasteiger partial charge in [0.25, 0.3) is 0 Å². The van der Waals surface area contributed by atoms with Gasteiger partial charge in [0.15, 0.2) is 0 Å². The topological polar surface area (TPSA) is 78.3 Å². The van der Waals surface area contributed by atoms with Crippen LogP contribution in [0.4, 0.5) is 11.6 Å². The average molecular weight is 356 g/mol. The Labute approximate surface area is 155 Å². The van der Waals surface area contributed by atoms with E-state index in [1.807, 2.05) is 36.4 Å². The van der Waals surface area contributed by atoms with E-state index in [0.717, 1.165) is 5.39 Å². The molecule has 3 aromatic carbocycles. The first kappa shape index (κ1) is 16.6. The zero-order valence-electron chi connectivity index (χ0n) is 14.3. The fourth-order valence-electron chi connectivity index (χ4n) is 2.69. The van der Waals surface area contributed by atoms with Crippen LogP contribution in [0, 0.1) is 0 Å². The number of hydrogen-bond donors (Lipinski definition) is 2. The number of aromatic hydroxyl groups is 2. The molecule has 4 aromatic rings. The van der Waals surface area contributed by atoms with Crippen LogP contribution in [0.5, 0.6) is 11.5 Å². The molecule has 0 saturated heterocycles. The molecule has 5 heteroatoms. The van der Waals surface area contributed by atoms with Gasteiger partial charge in [0.05, 0.1) is 0 Å². The zero-order valence-corrected chi connectivity index (χ0v) is 14.3. The van der Waals surface area contributed by atoms with Gasteiger partial charge in [-0.15, -0.1) is 0 Å². The molecule has 0 bridgehead atoms. The van der Waals surface area contributed by atoms with Crippen molar-refractivity contribution in [2.75, 3.05) is 0 Å². The average Bonchev–Trinajstić information content (AvgIpc) is 3.04. The zero-order chi connectivity index (χ0) is 18.6. The first-order chi connectivity index (χ1) is 13.2. The minimum Gasteiger partial charge on any atom is -0.507 e. The molecule has 2 N–H and O–H groups in total. The van der Waals surface area contributed by atoms with Crippen LogP contribution in [0.1, 0.15) is 11.1 Å². The van der Waals surface area contributed by atoms with Crippen LogP contribution in [-0.2, 0) is 0 Å². The summed E-state index contributed by atoms with van der Waals surface area (Å²) in [6.07, 6.45) is 3.11. The summed E-state index contributed by atoms with van der Waals surface area (Å²) in [5, 5.41) is 20.6. The van der Waals surface area contributed by atoms with Crippen molar-refractivity contribution >= 4 is 35.0 Å². The second-order valence-corrected chi connectivity index (χ2v) is 5.89. The molecule has 1 aromatic heterocycles. The summed E-state index contributed by atoms with van der Waals surface area (Å²) in [5.41, 5.74) is 2.39. The van der Waals surface area contributed by atoms with E-state index in [2.05, 4.69) is 9.98 Å². The molecule has 0 atom stereocenters. The number of benzene rings is 3. The van der Waals surface area contributed by atoms with Crippen molar-refractivity contribution < 1.29 is 14.6 Å². The largest absolute Gasteiger partial charge is 0.507 e. The van der Waals surface area contributed by atoms with Crippen molar-refractivity contribution in [3.63, 3.8) is 0 Å². The maximum Gasteiger partial charge on any atom is 0.246 e. The highest BCUT2D eigenvalue weighted by Crippen LogP contribution is 2.39. The number of aliphatic imine (C=N–C) groups is 2. The summed E-state index contributed by atoms with van der Waals surface area (Å²) in [6.45, 7) is 0. The van der Waals surface area contributed by atoms with Gasteiger partial charge in [-0.1, -0.05) is 36.4 Å². The van der Waals surface area contributed by atoms with E-state index in [1.165, 1.54) is 6.21 Å². The number of furan rings is 1. The lowest BCUT2D eigenvalue weighted by Crippen LogP contribution is -1.81. The van der Waals surface area contributed by atoms with Crippen LogP contribution in [0.15, 0.2) is 87.2 Å². The first-order valence-electron chi connectivity index (χ1n) is 8.38. The Hall–Kier alpha value is -3.86. The molecule has 0 aliphatic rings. The van der Waals surface area contributed by atoms with E-state index >= 15 is 0 Å². The van der Waals surface area contributed by atoms with Crippen LogP contribution < -0.4 is 0 Å². The molecule has 4 rings (SSSR count). The minimum atomic E-state index is 0.136. The van der Waals surface area contributed by atoms with Crippen molar-refractivity contribution in [2.24, 2.45) is 9.98 Å². The summed E-state index contributed by atoms with van der Waals surface area (Å²) < 4.78 is 5.82. The fraction of sp³-hybridized carbons (Fsp3) is 0. The highest BCUT2D eigenvalue weighted by atomic mass is 16.3. The summed E-state index contributed by atoms with van der Waals surface area (Å²) in [7, 11) is 0. The van der Waals surface area contributed by atoms with Gasteiger partial charge in [-0.25, -0.2) is 9.98 Å². The first-order valence-corrected chi connectivity index (χ1v) is 8.38. The van der Waals surface area contributed by atoms with Crippen LogP contribution in [0.3, 0.4) is 0 Å². The second-order valence-electron chi connectivity index (χ2n) is 5.89. The molecular weight excluding hydrogens is 340 g/mol. The van der Waals surface area contributed by atoms with E-state index in [4.69, 9.17) is 4.42 Å². The molecule has 0 fully saturated rings. The molecule has 0 radical (unpaired) electrons. The van der Waals surface area contributed by atoms with Crippen molar-refractivity contribution in [1.82, 2.24) is 0 Å². The standard InChI is InChI=1S/C22H16N2O3/c25-18-10-4-1-7-15(18)13-23-21-17-9-3-6-12-20(17)27-22(21)24-14-16-8-2-5-11-19(16)26/h1-14,25-26H/b23-13?,24-14+. The van der Waals surface area contributed by atoms with Gasteiger partial charge in [-0.2, -0.15) is 0 Å². The second kappa shape index (κ2) is 7.17. The third-order valence-corrected chi connectivity index (χ3v) is 4.08. The Balaban J connectivity index is 1.78. The Bertz CT molecular complexity index is 1160. The third kappa shape index (κ3) is 3.43. The van der Waals surface area contributed by atoms with E-state index in [-0.39, 0.29) is 11.5 Å². The fourth-order valence-corrected chi connectivity index (χ4v) is 2.69. The number of hydrogen-bond acceptors (Lipinski definition) is 5. The Morgan fingerprint density at radius 2 is 1.22 bits per heavy atom.